The molecule has 1 amide bonds. The van der Waals surface area contributed by atoms with Crippen molar-refractivity contribution in [3.05, 3.63) is 46.5 Å². The van der Waals surface area contributed by atoms with Gasteiger partial charge in [0.15, 0.2) is 5.13 Å². The Balaban J connectivity index is 1.55. The first-order chi connectivity index (χ1) is 12.2. The highest BCUT2D eigenvalue weighted by Crippen LogP contribution is 2.33. The van der Waals surface area contributed by atoms with Crippen LogP contribution in [0.3, 0.4) is 0 Å². The van der Waals surface area contributed by atoms with Crippen LogP contribution in [0.5, 0.6) is 0 Å². The van der Waals surface area contributed by atoms with E-state index in [1.165, 1.54) is 11.3 Å². The van der Waals surface area contributed by atoms with Gasteiger partial charge in [0.1, 0.15) is 0 Å². The molecule has 0 spiro atoms. The first-order valence-electron chi connectivity index (χ1n) is 8.64. The van der Waals surface area contributed by atoms with Crippen LogP contribution in [0.15, 0.2) is 30.3 Å². The zero-order chi connectivity index (χ0) is 17.6. The van der Waals surface area contributed by atoms with E-state index >= 15 is 0 Å². The number of aromatic nitrogens is 1. The lowest BCUT2D eigenvalue weighted by molar-refractivity contribution is -0.148. The number of hydrogen-bond acceptors (Lipinski definition) is 5. The van der Waals surface area contributed by atoms with E-state index in [0.717, 1.165) is 29.0 Å². The molecule has 5 nitrogen and oxygen atoms in total. The second kappa shape index (κ2) is 8.25. The van der Waals surface area contributed by atoms with Gasteiger partial charge in [0.05, 0.1) is 18.2 Å². The summed E-state index contributed by atoms with van der Waals surface area (Å²) in [6.45, 7) is 2.23. The smallest absolute Gasteiger partial charge is 0.309 e. The maximum absolute atomic E-state index is 12.1. The topological polar surface area (TPSA) is 68.3 Å². The second-order valence-electron chi connectivity index (χ2n) is 6.11. The van der Waals surface area contributed by atoms with E-state index in [1.54, 1.807) is 0 Å². The number of rotatable bonds is 6. The van der Waals surface area contributed by atoms with Gasteiger partial charge in [0, 0.05) is 11.3 Å². The Morgan fingerprint density at radius 2 is 2.12 bits per heavy atom. The standard InChI is InChI=1S/C19H22N2O3S/c1-2-24-18(23)14-9-10-15-16(12-14)25-19(20-15)21-17(22)11-8-13-6-4-3-5-7-13/h3-7,14H,2,8-12H2,1H3,(H,20,21,22). The Morgan fingerprint density at radius 1 is 1.32 bits per heavy atom. The van der Waals surface area contributed by atoms with Crippen molar-refractivity contribution in [3.63, 3.8) is 0 Å². The van der Waals surface area contributed by atoms with E-state index in [9.17, 15) is 9.59 Å². The molecular weight excluding hydrogens is 336 g/mol. The number of nitrogens with zero attached hydrogens (tertiary/aromatic N) is 1. The minimum absolute atomic E-state index is 0.0307. The fraction of sp³-hybridized carbons (Fsp3) is 0.421. The third-order valence-electron chi connectivity index (χ3n) is 4.29. The highest BCUT2D eigenvalue weighted by atomic mass is 32.1. The largest absolute Gasteiger partial charge is 0.466 e. The van der Waals surface area contributed by atoms with E-state index in [4.69, 9.17) is 4.74 Å². The summed E-state index contributed by atoms with van der Waals surface area (Å²) in [5.41, 5.74) is 2.15. The van der Waals surface area contributed by atoms with E-state index in [2.05, 4.69) is 10.3 Å². The molecule has 6 heteroatoms. The summed E-state index contributed by atoms with van der Waals surface area (Å²) >= 11 is 1.47. The van der Waals surface area contributed by atoms with Crippen molar-refractivity contribution in [2.45, 2.75) is 39.0 Å². The third-order valence-corrected chi connectivity index (χ3v) is 5.32. The number of anilines is 1. The highest BCUT2D eigenvalue weighted by molar-refractivity contribution is 7.15. The van der Waals surface area contributed by atoms with Crippen LogP contribution in [-0.4, -0.2) is 23.5 Å². The Kier molecular flexibility index (Phi) is 5.81. The van der Waals surface area contributed by atoms with Crippen molar-refractivity contribution < 1.29 is 14.3 Å². The van der Waals surface area contributed by atoms with Gasteiger partial charge in [-0.1, -0.05) is 30.3 Å². The van der Waals surface area contributed by atoms with Gasteiger partial charge in [0.25, 0.3) is 0 Å². The molecule has 2 aromatic rings. The van der Waals surface area contributed by atoms with E-state index in [-0.39, 0.29) is 17.8 Å². The minimum atomic E-state index is -0.130. The van der Waals surface area contributed by atoms with Crippen molar-refractivity contribution in [3.8, 4) is 0 Å². The maximum atomic E-state index is 12.1. The molecule has 1 N–H and O–H groups in total. The van der Waals surface area contributed by atoms with Gasteiger partial charge in [-0.25, -0.2) is 4.98 Å². The van der Waals surface area contributed by atoms with Crippen molar-refractivity contribution >= 4 is 28.3 Å². The molecule has 1 unspecified atom stereocenters. The first kappa shape index (κ1) is 17.6. The number of esters is 1. The van der Waals surface area contributed by atoms with Crippen LogP contribution < -0.4 is 5.32 Å². The molecule has 3 rings (SSSR count). The number of amides is 1. The van der Waals surface area contributed by atoms with Gasteiger partial charge < -0.3 is 10.1 Å². The minimum Gasteiger partial charge on any atom is -0.466 e. The summed E-state index contributed by atoms with van der Waals surface area (Å²) in [6, 6.07) is 9.95. The third kappa shape index (κ3) is 4.66. The SMILES string of the molecule is CCOC(=O)C1CCc2nc(NC(=O)CCc3ccccc3)sc2C1. The van der Waals surface area contributed by atoms with Crippen LogP contribution in [0, 0.1) is 5.92 Å². The number of benzene rings is 1. The van der Waals surface area contributed by atoms with Crippen LogP contribution >= 0.6 is 11.3 Å². The van der Waals surface area contributed by atoms with Gasteiger partial charge in [0.2, 0.25) is 5.91 Å². The molecule has 25 heavy (non-hydrogen) atoms. The van der Waals surface area contributed by atoms with Gasteiger partial charge in [-0.15, -0.1) is 11.3 Å². The van der Waals surface area contributed by atoms with Gasteiger partial charge >= 0.3 is 5.97 Å². The van der Waals surface area contributed by atoms with Gasteiger partial charge in [-0.2, -0.15) is 0 Å². The van der Waals surface area contributed by atoms with E-state index < -0.39 is 0 Å². The summed E-state index contributed by atoms with van der Waals surface area (Å²) in [6.07, 6.45) is 3.32. The van der Waals surface area contributed by atoms with Crippen LogP contribution in [0.4, 0.5) is 5.13 Å². The lowest BCUT2D eigenvalue weighted by atomic mass is 9.91. The molecular formula is C19H22N2O3S. The number of hydrogen-bond donors (Lipinski definition) is 1. The van der Waals surface area contributed by atoms with Crippen molar-refractivity contribution in [1.29, 1.82) is 0 Å². The number of fused-ring (bicyclic) bond motifs is 1. The number of ether oxygens (including phenoxy) is 1. The molecule has 0 aliphatic heterocycles. The maximum Gasteiger partial charge on any atom is 0.309 e. The molecule has 0 radical (unpaired) electrons. The van der Waals surface area contributed by atoms with Crippen molar-refractivity contribution in [1.82, 2.24) is 4.98 Å². The van der Waals surface area contributed by atoms with E-state index in [0.29, 0.717) is 31.0 Å². The number of nitrogens with one attached hydrogen (secondary N) is 1. The molecule has 1 atom stereocenters. The monoisotopic (exact) mass is 358 g/mol. The van der Waals surface area contributed by atoms with Crippen LogP contribution in [0.25, 0.3) is 0 Å². The number of thiazole rings is 1. The molecule has 0 fully saturated rings. The summed E-state index contributed by atoms with van der Waals surface area (Å²) < 4.78 is 5.12. The average Bonchev–Trinajstić information content (AvgIpc) is 3.02. The average molecular weight is 358 g/mol. The summed E-state index contributed by atoms with van der Waals surface area (Å²) in [5.74, 6) is -0.249. The molecule has 1 heterocycles. The Morgan fingerprint density at radius 3 is 2.88 bits per heavy atom. The zero-order valence-corrected chi connectivity index (χ0v) is 15.1. The van der Waals surface area contributed by atoms with Crippen LogP contribution in [0.1, 0.15) is 35.9 Å². The lowest BCUT2D eigenvalue weighted by Gasteiger charge is -2.18. The summed E-state index contributed by atoms with van der Waals surface area (Å²) in [5, 5.41) is 3.52. The molecule has 0 bridgehead atoms. The Bertz CT molecular complexity index is 742. The quantitative estimate of drug-likeness (QED) is 0.804. The zero-order valence-electron chi connectivity index (χ0n) is 14.3. The predicted octanol–water partition coefficient (Wildman–Crippen LogP) is 3.38. The number of carbonyl (C=O) groups excluding carboxylic acids is 2. The summed E-state index contributed by atoms with van der Waals surface area (Å²) in [7, 11) is 0. The van der Waals surface area contributed by atoms with Crippen molar-refractivity contribution in [2.24, 2.45) is 5.92 Å². The first-order valence-corrected chi connectivity index (χ1v) is 9.46. The number of aryl methyl sites for hydroxylation is 2. The molecule has 1 aliphatic carbocycles. The highest BCUT2D eigenvalue weighted by Gasteiger charge is 2.28. The predicted molar refractivity (Wildman–Crippen MR) is 97.7 cm³/mol. The lowest BCUT2D eigenvalue weighted by Crippen LogP contribution is -2.24. The fourth-order valence-electron chi connectivity index (χ4n) is 2.97. The molecule has 1 aliphatic rings. The Hall–Kier alpha value is -2.21. The molecule has 0 saturated heterocycles. The normalized spacial score (nSPS) is 16.1. The van der Waals surface area contributed by atoms with Gasteiger partial charge in [-0.05, 0) is 38.2 Å². The summed E-state index contributed by atoms with van der Waals surface area (Å²) in [4.78, 5) is 29.6. The van der Waals surface area contributed by atoms with E-state index in [1.807, 2.05) is 37.3 Å². The van der Waals surface area contributed by atoms with Crippen molar-refractivity contribution in [2.75, 3.05) is 11.9 Å². The van der Waals surface area contributed by atoms with Crippen LogP contribution in [0.2, 0.25) is 0 Å². The molecule has 132 valence electrons. The molecule has 0 saturated carbocycles. The Labute approximate surface area is 151 Å². The molecule has 1 aromatic carbocycles. The number of carbonyl (C=O) groups is 2. The van der Waals surface area contributed by atoms with Crippen LogP contribution in [-0.2, 0) is 33.6 Å². The second-order valence-corrected chi connectivity index (χ2v) is 7.20. The molecule has 1 aromatic heterocycles. The van der Waals surface area contributed by atoms with Gasteiger partial charge in [-0.3, -0.25) is 9.59 Å². The fourth-order valence-corrected chi connectivity index (χ4v) is 4.08.